The molecule has 1 N–H and O–H groups in total. The Bertz CT molecular complexity index is 238. The minimum atomic E-state index is -0.656. The predicted octanol–water partition coefficient (Wildman–Crippen LogP) is 2.51. The summed E-state index contributed by atoms with van der Waals surface area (Å²) in [6, 6.07) is 0.832. The van der Waals surface area contributed by atoms with Crippen LogP contribution in [0.4, 0.5) is 0 Å². The van der Waals surface area contributed by atoms with Crippen molar-refractivity contribution in [2.45, 2.75) is 57.4 Å². The van der Waals surface area contributed by atoms with Crippen LogP contribution in [-0.2, 0) is 4.79 Å². The van der Waals surface area contributed by atoms with Crippen molar-refractivity contribution in [2.24, 2.45) is 5.92 Å². The Morgan fingerprint density at radius 1 is 1.19 bits per heavy atom. The average Bonchev–Trinajstić information content (AvgIpc) is 2.58. The molecule has 1 heterocycles. The van der Waals surface area contributed by atoms with Crippen LogP contribution in [0.3, 0.4) is 0 Å². The van der Waals surface area contributed by atoms with E-state index in [0.717, 1.165) is 31.3 Å². The molecule has 1 saturated carbocycles. The summed E-state index contributed by atoms with van der Waals surface area (Å²) < 4.78 is 0. The fourth-order valence-electron chi connectivity index (χ4n) is 3.08. The van der Waals surface area contributed by atoms with Gasteiger partial charge in [-0.15, -0.1) is 0 Å². The van der Waals surface area contributed by atoms with E-state index >= 15 is 0 Å². The van der Waals surface area contributed by atoms with Crippen LogP contribution in [-0.4, -0.2) is 35.1 Å². The Morgan fingerprint density at radius 2 is 2.00 bits per heavy atom. The van der Waals surface area contributed by atoms with E-state index in [-0.39, 0.29) is 0 Å². The van der Waals surface area contributed by atoms with Crippen molar-refractivity contribution in [3.05, 3.63) is 0 Å². The van der Waals surface area contributed by atoms with E-state index in [0.29, 0.717) is 6.42 Å². The molecule has 2 rings (SSSR count). The molecule has 0 aromatic heterocycles. The van der Waals surface area contributed by atoms with Gasteiger partial charge in [0.1, 0.15) is 0 Å². The molecule has 1 aliphatic carbocycles. The summed E-state index contributed by atoms with van der Waals surface area (Å²) in [7, 11) is 0. The summed E-state index contributed by atoms with van der Waals surface area (Å²) in [5.41, 5.74) is 0. The number of likely N-dealkylation sites (tertiary alicyclic amines) is 1. The number of unbranched alkanes of at least 4 members (excludes halogenated alkanes) is 1. The van der Waals surface area contributed by atoms with Gasteiger partial charge in [0.2, 0.25) is 0 Å². The molecule has 0 bridgehead atoms. The van der Waals surface area contributed by atoms with Crippen molar-refractivity contribution in [1.82, 2.24) is 4.90 Å². The van der Waals surface area contributed by atoms with E-state index in [2.05, 4.69) is 4.90 Å². The second kappa shape index (κ2) is 5.67. The fourth-order valence-corrected chi connectivity index (χ4v) is 3.08. The number of aliphatic carboxylic acids is 1. The highest BCUT2D eigenvalue weighted by Crippen LogP contribution is 2.37. The minimum absolute atomic E-state index is 0.335. The van der Waals surface area contributed by atoms with E-state index in [1.807, 2.05) is 0 Å². The summed E-state index contributed by atoms with van der Waals surface area (Å²) in [4.78, 5) is 13.0. The third kappa shape index (κ3) is 2.97. The Balaban J connectivity index is 1.65. The molecule has 3 nitrogen and oxygen atoms in total. The number of hydrogen-bond acceptors (Lipinski definition) is 2. The molecule has 1 unspecified atom stereocenters. The number of carboxylic acid groups (broad SMARTS) is 1. The lowest BCUT2D eigenvalue weighted by Gasteiger charge is -2.37. The average molecular weight is 225 g/mol. The largest absolute Gasteiger partial charge is 0.481 e. The SMILES string of the molecule is O=C(O)CCCCN1CCCC1C1CCC1. The molecule has 1 saturated heterocycles. The smallest absolute Gasteiger partial charge is 0.303 e. The fraction of sp³-hybridized carbons (Fsp3) is 0.923. The second-order valence-corrected chi connectivity index (χ2v) is 5.29. The molecule has 0 radical (unpaired) electrons. The molecule has 92 valence electrons. The monoisotopic (exact) mass is 225 g/mol. The van der Waals surface area contributed by atoms with Gasteiger partial charge in [0.25, 0.3) is 0 Å². The van der Waals surface area contributed by atoms with Gasteiger partial charge in [0.15, 0.2) is 0 Å². The topological polar surface area (TPSA) is 40.5 Å². The first kappa shape index (κ1) is 11.9. The van der Waals surface area contributed by atoms with Gasteiger partial charge >= 0.3 is 5.97 Å². The molecule has 3 heteroatoms. The molecule has 0 aromatic carbocycles. The normalized spacial score (nSPS) is 26.9. The highest BCUT2D eigenvalue weighted by atomic mass is 16.4. The van der Waals surface area contributed by atoms with Crippen LogP contribution in [0.25, 0.3) is 0 Å². The number of carbonyl (C=O) groups is 1. The molecule has 2 aliphatic rings. The highest BCUT2D eigenvalue weighted by molar-refractivity contribution is 5.66. The number of carboxylic acids is 1. The quantitative estimate of drug-likeness (QED) is 0.706. The van der Waals surface area contributed by atoms with Crippen molar-refractivity contribution < 1.29 is 9.90 Å². The second-order valence-electron chi connectivity index (χ2n) is 5.29. The van der Waals surface area contributed by atoms with Crippen molar-refractivity contribution in [1.29, 1.82) is 0 Å². The van der Waals surface area contributed by atoms with Crippen molar-refractivity contribution >= 4 is 5.97 Å². The Hall–Kier alpha value is -0.570. The standard InChI is InChI=1S/C13H23NO2/c15-13(16)8-1-2-9-14-10-4-7-12(14)11-5-3-6-11/h11-12H,1-10H2,(H,15,16). The lowest BCUT2D eigenvalue weighted by Crippen LogP contribution is -2.39. The first-order valence-corrected chi connectivity index (χ1v) is 6.73. The van der Waals surface area contributed by atoms with Gasteiger partial charge in [0.05, 0.1) is 0 Å². The van der Waals surface area contributed by atoms with Crippen molar-refractivity contribution in [2.75, 3.05) is 13.1 Å². The number of hydrogen-bond donors (Lipinski definition) is 1. The summed E-state index contributed by atoms with van der Waals surface area (Å²) >= 11 is 0. The van der Waals surface area contributed by atoms with Crippen LogP contribution in [0.15, 0.2) is 0 Å². The molecule has 0 aromatic rings. The zero-order valence-electron chi connectivity index (χ0n) is 10.0. The Labute approximate surface area is 97.8 Å². The van der Waals surface area contributed by atoms with Crippen LogP contribution in [0.1, 0.15) is 51.4 Å². The maximum atomic E-state index is 10.4. The minimum Gasteiger partial charge on any atom is -0.481 e. The van der Waals surface area contributed by atoms with Crippen molar-refractivity contribution in [3.8, 4) is 0 Å². The zero-order chi connectivity index (χ0) is 11.4. The Morgan fingerprint density at radius 3 is 2.62 bits per heavy atom. The summed E-state index contributed by atoms with van der Waals surface area (Å²) in [5, 5.41) is 8.58. The first-order chi connectivity index (χ1) is 7.77. The van der Waals surface area contributed by atoms with Gasteiger partial charge in [-0.1, -0.05) is 6.42 Å². The first-order valence-electron chi connectivity index (χ1n) is 6.73. The number of nitrogens with zero attached hydrogens (tertiary/aromatic N) is 1. The molecule has 1 aliphatic heterocycles. The van der Waals surface area contributed by atoms with E-state index in [9.17, 15) is 4.79 Å². The molecule has 2 fully saturated rings. The van der Waals surface area contributed by atoms with Crippen molar-refractivity contribution in [3.63, 3.8) is 0 Å². The lowest BCUT2D eigenvalue weighted by atomic mass is 9.79. The third-order valence-corrected chi connectivity index (χ3v) is 4.19. The van der Waals surface area contributed by atoms with Gasteiger partial charge in [-0.05, 0) is 57.5 Å². The maximum absolute atomic E-state index is 10.4. The summed E-state index contributed by atoms with van der Waals surface area (Å²) in [5.74, 6) is 0.305. The van der Waals surface area contributed by atoms with Crippen LogP contribution in [0.2, 0.25) is 0 Å². The van der Waals surface area contributed by atoms with E-state index in [4.69, 9.17) is 5.11 Å². The number of rotatable bonds is 6. The molecule has 16 heavy (non-hydrogen) atoms. The van der Waals surface area contributed by atoms with Crippen LogP contribution in [0.5, 0.6) is 0 Å². The van der Waals surface area contributed by atoms with Crippen LogP contribution < -0.4 is 0 Å². The van der Waals surface area contributed by atoms with E-state index in [1.165, 1.54) is 38.6 Å². The van der Waals surface area contributed by atoms with Gasteiger partial charge in [-0.3, -0.25) is 4.79 Å². The van der Waals surface area contributed by atoms with Gasteiger partial charge < -0.3 is 10.0 Å². The molecular weight excluding hydrogens is 202 g/mol. The molecule has 1 atom stereocenters. The van der Waals surface area contributed by atoms with Crippen LogP contribution in [0, 0.1) is 5.92 Å². The summed E-state index contributed by atoms with van der Waals surface area (Å²) in [6.45, 7) is 2.36. The summed E-state index contributed by atoms with van der Waals surface area (Å²) in [6.07, 6.45) is 9.23. The molecule has 0 amide bonds. The predicted molar refractivity (Wildman–Crippen MR) is 63.4 cm³/mol. The van der Waals surface area contributed by atoms with Gasteiger partial charge in [0, 0.05) is 12.5 Å². The lowest BCUT2D eigenvalue weighted by molar-refractivity contribution is -0.137. The highest BCUT2D eigenvalue weighted by Gasteiger charge is 2.34. The van der Waals surface area contributed by atoms with Gasteiger partial charge in [-0.25, -0.2) is 0 Å². The maximum Gasteiger partial charge on any atom is 0.303 e. The van der Waals surface area contributed by atoms with Crippen LogP contribution >= 0.6 is 0 Å². The molecular formula is C13H23NO2. The molecule has 0 spiro atoms. The van der Waals surface area contributed by atoms with Gasteiger partial charge in [-0.2, -0.15) is 0 Å². The Kier molecular flexibility index (Phi) is 4.22. The van der Waals surface area contributed by atoms with E-state index < -0.39 is 5.97 Å². The third-order valence-electron chi connectivity index (χ3n) is 4.19. The zero-order valence-corrected chi connectivity index (χ0v) is 10.0. The van der Waals surface area contributed by atoms with E-state index in [1.54, 1.807) is 0 Å².